The maximum absolute atomic E-state index is 11.6. The van der Waals surface area contributed by atoms with Gasteiger partial charge >= 0.3 is 5.97 Å². The summed E-state index contributed by atoms with van der Waals surface area (Å²) in [5, 5.41) is 0. The van der Waals surface area contributed by atoms with E-state index >= 15 is 0 Å². The lowest BCUT2D eigenvalue weighted by Crippen LogP contribution is -2.44. The van der Waals surface area contributed by atoms with Crippen molar-refractivity contribution in [1.29, 1.82) is 0 Å². The van der Waals surface area contributed by atoms with Crippen molar-refractivity contribution >= 4 is 11.5 Å². The maximum atomic E-state index is 11.6. The number of esters is 1. The number of ether oxygens (including phenoxy) is 3. The summed E-state index contributed by atoms with van der Waals surface area (Å²) < 4.78 is 17.2. The lowest BCUT2D eigenvalue weighted by atomic mass is 9.80. The smallest absolute Gasteiger partial charge is 0.302 e. The van der Waals surface area contributed by atoms with Crippen LogP contribution in [0, 0.1) is 5.92 Å². The van der Waals surface area contributed by atoms with Crippen LogP contribution in [0.5, 0.6) is 11.5 Å². The Morgan fingerprint density at radius 3 is 2.22 bits per heavy atom. The highest BCUT2D eigenvalue weighted by atomic mass is 16.5. The summed E-state index contributed by atoms with van der Waals surface area (Å²) in [5.74, 6) is 1.18. The molecule has 2 atom stereocenters. The Labute approximate surface area is 160 Å². The Bertz CT molecular complexity index is 806. The molecule has 0 aromatic heterocycles. The fraction of sp³-hybridized carbons (Fsp3) is 0.348. The molecule has 27 heavy (non-hydrogen) atoms. The van der Waals surface area contributed by atoms with Crippen molar-refractivity contribution in [2.24, 2.45) is 5.92 Å². The highest BCUT2D eigenvalue weighted by molar-refractivity contribution is 5.73. The zero-order valence-corrected chi connectivity index (χ0v) is 16.3. The topological polar surface area (TPSA) is 44.8 Å². The average molecular weight is 366 g/mol. The molecule has 0 aliphatic heterocycles. The van der Waals surface area contributed by atoms with Crippen LogP contribution in [0.3, 0.4) is 0 Å². The van der Waals surface area contributed by atoms with E-state index in [2.05, 4.69) is 18.2 Å². The molecule has 0 fully saturated rings. The maximum Gasteiger partial charge on any atom is 0.302 e. The molecule has 0 bridgehead atoms. The van der Waals surface area contributed by atoms with Crippen LogP contribution in [0.1, 0.15) is 32.8 Å². The van der Waals surface area contributed by atoms with Crippen molar-refractivity contribution in [3.63, 3.8) is 0 Å². The van der Waals surface area contributed by atoms with Crippen LogP contribution < -0.4 is 9.47 Å². The molecule has 0 saturated heterocycles. The summed E-state index contributed by atoms with van der Waals surface area (Å²) in [4.78, 5) is 11.6. The predicted molar refractivity (Wildman–Crippen MR) is 106 cm³/mol. The van der Waals surface area contributed by atoms with Crippen molar-refractivity contribution in [1.82, 2.24) is 0 Å². The SMILES string of the molecule is COc1ccc(OC(C)(C)[C@H]2C(c3ccccc3)=CC[C@@H]2OC(C)=O)cc1. The van der Waals surface area contributed by atoms with Gasteiger partial charge in [-0.2, -0.15) is 0 Å². The zero-order valence-electron chi connectivity index (χ0n) is 16.3. The Hall–Kier alpha value is -2.75. The number of methoxy groups -OCH3 is 1. The van der Waals surface area contributed by atoms with Crippen molar-refractivity contribution < 1.29 is 19.0 Å². The van der Waals surface area contributed by atoms with Crippen molar-refractivity contribution in [2.45, 2.75) is 38.9 Å². The van der Waals surface area contributed by atoms with Crippen LogP contribution in [-0.2, 0) is 9.53 Å². The minimum absolute atomic E-state index is 0.0779. The van der Waals surface area contributed by atoms with Gasteiger partial charge in [0.2, 0.25) is 0 Å². The summed E-state index contributed by atoms with van der Waals surface area (Å²) in [6.07, 6.45) is 2.60. The van der Waals surface area contributed by atoms with Gasteiger partial charge in [-0.3, -0.25) is 4.79 Å². The molecule has 2 aromatic rings. The van der Waals surface area contributed by atoms with Gasteiger partial charge in [0.15, 0.2) is 0 Å². The number of hydrogen-bond donors (Lipinski definition) is 0. The number of benzene rings is 2. The largest absolute Gasteiger partial charge is 0.497 e. The van der Waals surface area contributed by atoms with Crippen LogP contribution in [0.2, 0.25) is 0 Å². The first kappa shape index (κ1) is 19.0. The van der Waals surface area contributed by atoms with Gasteiger partial charge < -0.3 is 14.2 Å². The molecule has 2 aromatic carbocycles. The van der Waals surface area contributed by atoms with E-state index in [1.165, 1.54) is 6.92 Å². The first-order chi connectivity index (χ1) is 12.9. The van der Waals surface area contributed by atoms with Gasteiger partial charge in [-0.15, -0.1) is 0 Å². The third-order valence-corrected chi connectivity index (χ3v) is 4.89. The van der Waals surface area contributed by atoms with Crippen LogP contribution in [0.4, 0.5) is 0 Å². The molecule has 0 radical (unpaired) electrons. The molecular weight excluding hydrogens is 340 g/mol. The summed E-state index contributed by atoms with van der Waals surface area (Å²) in [6.45, 7) is 5.54. The van der Waals surface area contributed by atoms with E-state index in [1.54, 1.807) is 7.11 Å². The first-order valence-corrected chi connectivity index (χ1v) is 9.16. The fourth-order valence-electron chi connectivity index (χ4n) is 3.80. The van der Waals surface area contributed by atoms with Crippen molar-refractivity contribution in [2.75, 3.05) is 7.11 Å². The molecule has 0 saturated carbocycles. The van der Waals surface area contributed by atoms with E-state index in [0.29, 0.717) is 6.42 Å². The number of carbonyl (C=O) groups excluding carboxylic acids is 1. The second-order valence-electron chi connectivity index (χ2n) is 7.27. The third kappa shape index (κ3) is 4.33. The molecule has 1 aliphatic carbocycles. The van der Waals surface area contributed by atoms with E-state index < -0.39 is 5.60 Å². The van der Waals surface area contributed by atoms with Gasteiger partial charge in [0.1, 0.15) is 23.2 Å². The van der Waals surface area contributed by atoms with Crippen molar-refractivity contribution in [3.8, 4) is 11.5 Å². The minimum Gasteiger partial charge on any atom is -0.497 e. The molecule has 0 spiro atoms. The summed E-state index contributed by atoms with van der Waals surface area (Å²) in [6, 6.07) is 17.7. The van der Waals surface area contributed by atoms with Gasteiger partial charge in [0.05, 0.1) is 13.0 Å². The lowest BCUT2D eigenvalue weighted by Gasteiger charge is -2.37. The van der Waals surface area contributed by atoms with Crippen LogP contribution >= 0.6 is 0 Å². The van der Waals surface area contributed by atoms with Crippen molar-refractivity contribution in [3.05, 3.63) is 66.2 Å². The van der Waals surface area contributed by atoms with Gasteiger partial charge in [-0.1, -0.05) is 36.4 Å². The van der Waals surface area contributed by atoms with E-state index in [-0.39, 0.29) is 18.0 Å². The lowest BCUT2D eigenvalue weighted by molar-refractivity contribution is -0.150. The van der Waals surface area contributed by atoms with E-state index in [9.17, 15) is 4.79 Å². The van der Waals surface area contributed by atoms with Gasteiger partial charge in [-0.25, -0.2) is 0 Å². The molecule has 142 valence electrons. The Morgan fingerprint density at radius 1 is 1.00 bits per heavy atom. The molecule has 0 unspecified atom stereocenters. The zero-order chi connectivity index (χ0) is 19.4. The molecule has 0 N–H and O–H groups in total. The van der Waals surface area contributed by atoms with Crippen LogP contribution in [-0.4, -0.2) is 24.8 Å². The Balaban J connectivity index is 1.90. The Kier molecular flexibility index (Phi) is 5.54. The number of carbonyl (C=O) groups is 1. The average Bonchev–Trinajstić information content (AvgIpc) is 3.06. The summed E-state index contributed by atoms with van der Waals surface area (Å²) >= 11 is 0. The fourth-order valence-corrected chi connectivity index (χ4v) is 3.80. The molecule has 4 nitrogen and oxygen atoms in total. The standard InChI is InChI=1S/C23H26O4/c1-16(24)26-21-15-14-20(17-8-6-5-7-9-17)22(21)23(2,3)27-19-12-10-18(25-4)11-13-19/h5-14,21-22H,15H2,1-4H3/t21-,22-/m0/s1. The second-order valence-corrected chi connectivity index (χ2v) is 7.27. The monoisotopic (exact) mass is 366 g/mol. The number of hydrogen-bond acceptors (Lipinski definition) is 4. The summed E-state index contributed by atoms with van der Waals surface area (Å²) in [5.41, 5.74) is 1.70. The first-order valence-electron chi connectivity index (χ1n) is 9.16. The van der Waals surface area contributed by atoms with E-state index in [4.69, 9.17) is 14.2 Å². The van der Waals surface area contributed by atoms with Gasteiger partial charge in [-0.05, 0) is 49.2 Å². The second kappa shape index (κ2) is 7.87. The highest BCUT2D eigenvalue weighted by Crippen LogP contribution is 2.44. The molecule has 1 aliphatic rings. The van der Waals surface area contributed by atoms with Crippen LogP contribution in [0.25, 0.3) is 5.57 Å². The molecule has 0 amide bonds. The van der Waals surface area contributed by atoms with Gasteiger partial charge in [0, 0.05) is 13.3 Å². The number of rotatable bonds is 6. The van der Waals surface area contributed by atoms with Crippen LogP contribution in [0.15, 0.2) is 60.7 Å². The quantitative estimate of drug-likeness (QED) is 0.683. The molecule has 0 heterocycles. The Morgan fingerprint density at radius 2 is 1.63 bits per heavy atom. The molecule has 3 rings (SSSR count). The van der Waals surface area contributed by atoms with Gasteiger partial charge in [0.25, 0.3) is 0 Å². The van der Waals surface area contributed by atoms with E-state index in [1.807, 2.05) is 56.3 Å². The summed E-state index contributed by atoms with van der Waals surface area (Å²) in [7, 11) is 1.64. The molecule has 4 heteroatoms. The minimum atomic E-state index is -0.577. The normalized spacial score (nSPS) is 19.3. The highest BCUT2D eigenvalue weighted by Gasteiger charge is 2.45. The molecular formula is C23H26O4. The van der Waals surface area contributed by atoms with E-state index in [0.717, 1.165) is 22.6 Å². The predicted octanol–water partition coefficient (Wildman–Crippen LogP) is 4.89. The third-order valence-electron chi connectivity index (χ3n) is 4.89.